The van der Waals surface area contributed by atoms with Crippen LogP contribution in [-0.2, 0) is 6.18 Å². The molecule has 0 spiro atoms. The molecule has 1 aliphatic rings. The Labute approximate surface area is 220 Å². The van der Waals surface area contributed by atoms with E-state index < -0.39 is 17.8 Å². The van der Waals surface area contributed by atoms with Crippen LogP contribution in [0.25, 0.3) is 0 Å². The van der Waals surface area contributed by atoms with Gasteiger partial charge in [0.15, 0.2) is 11.0 Å². The molecule has 1 aliphatic carbocycles. The fourth-order valence-electron chi connectivity index (χ4n) is 4.22. The molecular weight excluding hydrogens is 515 g/mol. The number of anilines is 4. The third-order valence-corrected chi connectivity index (χ3v) is 6.94. The van der Waals surface area contributed by atoms with E-state index in [0.29, 0.717) is 28.4 Å². The molecule has 0 atom stereocenters. The number of urea groups is 1. The molecule has 12 heteroatoms. The fraction of sp³-hybridized carbons (Fsp3) is 0.231. The lowest BCUT2D eigenvalue weighted by Gasteiger charge is -2.11. The molecule has 0 unspecified atom stereocenters. The number of hydrogen-bond acceptors (Lipinski definition) is 6. The molecule has 0 radical (unpaired) electrons. The predicted octanol–water partition coefficient (Wildman–Crippen LogP) is 7.41. The Kier molecular flexibility index (Phi) is 7.50. The number of aromatic nitrogens is 4. The molecule has 0 saturated heterocycles. The van der Waals surface area contributed by atoms with Crippen molar-refractivity contribution in [3.05, 3.63) is 78.1 Å². The minimum Gasteiger partial charge on any atom is -0.323 e. The van der Waals surface area contributed by atoms with E-state index in [1.807, 2.05) is 6.07 Å². The maximum absolute atomic E-state index is 12.9. The van der Waals surface area contributed by atoms with Crippen LogP contribution >= 0.6 is 11.8 Å². The Morgan fingerprint density at radius 1 is 0.947 bits per heavy atom. The first kappa shape index (κ1) is 25.6. The van der Waals surface area contributed by atoms with Crippen LogP contribution in [-0.4, -0.2) is 26.2 Å². The summed E-state index contributed by atoms with van der Waals surface area (Å²) in [6.45, 7) is 0. The molecule has 38 heavy (non-hydrogen) atoms. The Morgan fingerprint density at radius 3 is 2.47 bits per heavy atom. The number of carbonyl (C=O) groups excluding carboxylic acids is 1. The minimum absolute atomic E-state index is 0.0414. The Morgan fingerprint density at radius 2 is 1.71 bits per heavy atom. The number of benzene rings is 2. The highest BCUT2D eigenvalue weighted by molar-refractivity contribution is 7.99. The van der Waals surface area contributed by atoms with Gasteiger partial charge in [-0.05, 0) is 73.1 Å². The number of amides is 2. The maximum Gasteiger partial charge on any atom is 0.416 e. The van der Waals surface area contributed by atoms with Crippen LogP contribution in [0.4, 0.5) is 41.0 Å². The van der Waals surface area contributed by atoms with E-state index in [1.54, 1.807) is 36.5 Å². The molecule has 1 fully saturated rings. The van der Waals surface area contributed by atoms with Crippen LogP contribution in [0.2, 0.25) is 0 Å². The highest BCUT2D eigenvalue weighted by atomic mass is 32.2. The summed E-state index contributed by atoms with van der Waals surface area (Å²) in [6.07, 6.45) is 2.05. The lowest BCUT2D eigenvalue weighted by molar-refractivity contribution is -0.137. The van der Waals surface area contributed by atoms with Gasteiger partial charge < -0.3 is 16.0 Å². The summed E-state index contributed by atoms with van der Waals surface area (Å²) in [4.78, 5) is 21.9. The Balaban J connectivity index is 1.16. The second-order valence-corrected chi connectivity index (χ2v) is 9.86. The molecular formula is C26H24F3N7OS. The minimum atomic E-state index is -4.49. The number of halogens is 3. The van der Waals surface area contributed by atoms with Crippen molar-refractivity contribution in [2.24, 2.45) is 0 Å². The quantitative estimate of drug-likeness (QED) is 0.182. The monoisotopic (exact) mass is 539 g/mol. The Hall–Kier alpha value is -4.06. The van der Waals surface area contributed by atoms with E-state index in [-0.39, 0.29) is 5.69 Å². The number of nitrogens with zero attached hydrogens (tertiary/aromatic N) is 3. The molecule has 1 saturated carbocycles. The van der Waals surface area contributed by atoms with E-state index in [0.717, 1.165) is 22.7 Å². The molecule has 5 rings (SSSR count). The summed E-state index contributed by atoms with van der Waals surface area (Å²) >= 11 is 1.35. The van der Waals surface area contributed by atoms with Gasteiger partial charge in [-0.1, -0.05) is 18.9 Å². The van der Waals surface area contributed by atoms with Crippen LogP contribution in [0, 0.1) is 0 Å². The van der Waals surface area contributed by atoms with Crippen molar-refractivity contribution in [3.63, 3.8) is 0 Å². The average Bonchev–Trinajstić information content (AvgIpc) is 3.58. The topological polar surface area (TPSA) is 108 Å². The van der Waals surface area contributed by atoms with Crippen molar-refractivity contribution < 1.29 is 18.0 Å². The van der Waals surface area contributed by atoms with Crippen molar-refractivity contribution >= 4 is 40.8 Å². The molecule has 4 N–H and O–H groups in total. The van der Waals surface area contributed by atoms with Crippen molar-refractivity contribution in [2.75, 3.05) is 16.0 Å². The van der Waals surface area contributed by atoms with Gasteiger partial charge in [-0.15, -0.1) is 0 Å². The van der Waals surface area contributed by atoms with Gasteiger partial charge in [-0.3, -0.25) is 5.10 Å². The van der Waals surface area contributed by atoms with Crippen LogP contribution in [0.5, 0.6) is 0 Å². The summed E-state index contributed by atoms with van der Waals surface area (Å²) in [5, 5.41) is 16.2. The van der Waals surface area contributed by atoms with Gasteiger partial charge >= 0.3 is 12.2 Å². The van der Waals surface area contributed by atoms with Crippen molar-refractivity contribution in [3.8, 4) is 0 Å². The van der Waals surface area contributed by atoms with Crippen molar-refractivity contribution in [1.82, 2.24) is 20.2 Å². The molecule has 2 heterocycles. The molecule has 0 bridgehead atoms. The zero-order chi connectivity index (χ0) is 26.5. The number of carbonyl (C=O) groups is 1. The predicted molar refractivity (Wildman–Crippen MR) is 140 cm³/mol. The van der Waals surface area contributed by atoms with Gasteiger partial charge in [0.1, 0.15) is 5.82 Å². The standard InChI is InChI=1S/C26H24F3N7OS/c27-26(28,29)17-6-3-7-19(14-17)32-24(37)31-18-8-10-20(11-9-18)38-25-30-13-12-22(34-25)33-23-15-21(35-36-23)16-4-1-2-5-16/h3,6-16H,1-2,4-5H2,(H2,31,32,37)(H2,30,33,34,35,36). The van der Waals surface area contributed by atoms with E-state index in [4.69, 9.17) is 0 Å². The third-order valence-electron chi connectivity index (χ3n) is 6.05. The molecule has 2 aromatic heterocycles. The number of aromatic amines is 1. The first-order chi connectivity index (χ1) is 18.3. The molecule has 0 aliphatic heterocycles. The lowest BCUT2D eigenvalue weighted by Crippen LogP contribution is -2.19. The summed E-state index contributed by atoms with van der Waals surface area (Å²) < 4.78 is 38.6. The van der Waals surface area contributed by atoms with Gasteiger partial charge in [-0.2, -0.15) is 18.3 Å². The second-order valence-electron chi connectivity index (χ2n) is 8.82. The first-order valence-electron chi connectivity index (χ1n) is 12.0. The SMILES string of the molecule is O=C(Nc1ccc(Sc2nccc(Nc3cc(C4CCCC4)[nH]n3)n2)cc1)Nc1cccc(C(F)(F)F)c1. The Bertz CT molecular complexity index is 1400. The van der Waals surface area contributed by atoms with Gasteiger partial charge in [0.25, 0.3) is 0 Å². The van der Waals surface area contributed by atoms with E-state index in [1.165, 1.54) is 49.6 Å². The number of H-pyrrole nitrogens is 1. The normalized spacial score (nSPS) is 13.9. The van der Waals surface area contributed by atoms with Gasteiger partial charge in [-0.25, -0.2) is 14.8 Å². The van der Waals surface area contributed by atoms with E-state index in [9.17, 15) is 18.0 Å². The van der Waals surface area contributed by atoms with Crippen LogP contribution in [0.1, 0.15) is 42.9 Å². The molecule has 196 valence electrons. The second kappa shape index (κ2) is 11.1. The largest absolute Gasteiger partial charge is 0.416 e. The van der Waals surface area contributed by atoms with Gasteiger partial charge in [0.2, 0.25) is 0 Å². The van der Waals surface area contributed by atoms with Gasteiger partial charge in [0.05, 0.1) is 5.56 Å². The van der Waals surface area contributed by atoms with Crippen LogP contribution in [0.3, 0.4) is 0 Å². The van der Waals surface area contributed by atoms with Crippen LogP contribution in [0.15, 0.2) is 76.9 Å². The molecule has 4 aromatic rings. The number of nitrogens with one attached hydrogen (secondary N) is 4. The summed E-state index contributed by atoms with van der Waals surface area (Å²) in [5.41, 5.74) is 0.828. The molecule has 2 aromatic carbocycles. The maximum atomic E-state index is 12.9. The highest BCUT2D eigenvalue weighted by Crippen LogP contribution is 2.34. The van der Waals surface area contributed by atoms with Crippen molar-refractivity contribution in [2.45, 2.75) is 47.8 Å². The summed E-state index contributed by atoms with van der Waals surface area (Å²) in [5.74, 6) is 1.87. The first-order valence-corrected chi connectivity index (χ1v) is 12.8. The molecule has 8 nitrogen and oxygen atoms in total. The molecule has 2 amide bonds. The number of rotatable bonds is 7. The zero-order valence-corrected chi connectivity index (χ0v) is 20.9. The number of alkyl halides is 3. The average molecular weight is 540 g/mol. The fourth-order valence-corrected chi connectivity index (χ4v) is 4.96. The third kappa shape index (κ3) is 6.62. The smallest absolute Gasteiger partial charge is 0.323 e. The summed E-state index contributed by atoms with van der Waals surface area (Å²) in [7, 11) is 0. The van der Waals surface area contributed by atoms with Gasteiger partial charge in [0, 0.05) is 40.1 Å². The van der Waals surface area contributed by atoms with Crippen molar-refractivity contribution in [1.29, 1.82) is 0 Å². The number of hydrogen-bond donors (Lipinski definition) is 4. The van der Waals surface area contributed by atoms with E-state index in [2.05, 4.69) is 36.1 Å². The summed E-state index contributed by atoms with van der Waals surface area (Å²) in [6, 6.07) is 14.5. The highest BCUT2D eigenvalue weighted by Gasteiger charge is 2.30. The lowest BCUT2D eigenvalue weighted by atomic mass is 10.0. The van der Waals surface area contributed by atoms with Crippen LogP contribution < -0.4 is 16.0 Å². The zero-order valence-electron chi connectivity index (χ0n) is 20.0. The van der Waals surface area contributed by atoms with E-state index >= 15 is 0 Å².